The van der Waals surface area contributed by atoms with Crippen LogP contribution in [0, 0.1) is 11.6 Å². The van der Waals surface area contributed by atoms with Crippen LogP contribution in [0.3, 0.4) is 0 Å². The SMILES string of the molecule is Nc1cccc(C(=O)O)c1Sc1ccc(F)c(F)c1. The van der Waals surface area contributed by atoms with E-state index in [0.29, 0.717) is 9.79 Å². The van der Waals surface area contributed by atoms with Crippen LogP contribution in [0.5, 0.6) is 0 Å². The Hall–Kier alpha value is -2.08. The first-order valence-corrected chi connectivity index (χ1v) is 6.05. The van der Waals surface area contributed by atoms with E-state index in [1.54, 1.807) is 6.07 Å². The van der Waals surface area contributed by atoms with Gasteiger partial charge in [0.25, 0.3) is 0 Å². The molecule has 2 aromatic rings. The second-order valence-electron chi connectivity index (χ2n) is 3.71. The third kappa shape index (κ3) is 2.85. The van der Waals surface area contributed by atoms with Gasteiger partial charge in [-0.25, -0.2) is 13.6 Å². The first kappa shape index (κ1) is 13.4. The monoisotopic (exact) mass is 281 g/mol. The summed E-state index contributed by atoms with van der Waals surface area (Å²) in [6.07, 6.45) is 0. The highest BCUT2D eigenvalue weighted by molar-refractivity contribution is 7.99. The Bertz CT molecular complexity index is 647. The normalized spacial score (nSPS) is 10.4. The predicted octanol–water partition coefficient (Wildman–Crippen LogP) is 3.40. The highest BCUT2D eigenvalue weighted by atomic mass is 32.2. The number of nitrogens with two attached hydrogens (primary N) is 1. The van der Waals surface area contributed by atoms with Gasteiger partial charge in [-0.3, -0.25) is 0 Å². The molecule has 0 bridgehead atoms. The molecule has 0 fully saturated rings. The topological polar surface area (TPSA) is 63.3 Å². The van der Waals surface area contributed by atoms with Crippen molar-refractivity contribution in [3.63, 3.8) is 0 Å². The molecule has 2 rings (SSSR count). The van der Waals surface area contributed by atoms with Gasteiger partial charge in [0.15, 0.2) is 11.6 Å². The number of nitrogen functional groups attached to an aromatic ring is 1. The molecule has 0 atom stereocenters. The molecule has 98 valence electrons. The quantitative estimate of drug-likeness (QED) is 0.846. The molecule has 0 heterocycles. The van der Waals surface area contributed by atoms with Crippen LogP contribution < -0.4 is 5.73 Å². The van der Waals surface area contributed by atoms with Gasteiger partial charge in [0.2, 0.25) is 0 Å². The summed E-state index contributed by atoms with van der Waals surface area (Å²) >= 11 is 0.980. The number of aromatic carboxylic acids is 1. The van der Waals surface area contributed by atoms with Crippen molar-refractivity contribution in [3.8, 4) is 0 Å². The van der Waals surface area contributed by atoms with Crippen LogP contribution in [-0.2, 0) is 0 Å². The van der Waals surface area contributed by atoms with E-state index in [0.717, 1.165) is 23.9 Å². The van der Waals surface area contributed by atoms with Gasteiger partial charge in [-0.1, -0.05) is 17.8 Å². The number of carbonyl (C=O) groups is 1. The van der Waals surface area contributed by atoms with Crippen molar-refractivity contribution in [1.82, 2.24) is 0 Å². The number of hydrogen-bond donors (Lipinski definition) is 2. The summed E-state index contributed by atoms with van der Waals surface area (Å²) in [7, 11) is 0. The Kier molecular flexibility index (Phi) is 3.71. The molecule has 0 amide bonds. The molecule has 0 aromatic heterocycles. The second-order valence-corrected chi connectivity index (χ2v) is 4.79. The summed E-state index contributed by atoms with van der Waals surface area (Å²) in [6.45, 7) is 0. The average molecular weight is 281 g/mol. The van der Waals surface area contributed by atoms with Gasteiger partial charge in [0.05, 0.1) is 5.56 Å². The highest BCUT2D eigenvalue weighted by Gasteiger charge is 2.14. The van der Waals surface area contributed by atoms with Gasteiger partial charge in [0, 0.05) is 15.5 Å². The molecule has 6 heteroatoms. The lowest BCUT2D eigenvalue weighted by Crippen LogP contribution is -2.01. The molecule has 0 unspecified atom stereocenters. The number of hydrogen-bond acceptors (Lipinski definition) is 3. The van der Waals surface area contributed by atoms with E-state index in [-0.39, 0.29) is 11.3 Å². The van der Waals surface area contributed by atoms with E-state index in [4.69, 9.17) is 10.8 Å². The van der Waals surface area contributed by atoms with Crippen molar-refractivity contribution < 1.29 is 18.7 Å². The van der Waals surface area contributed by atoms with E-state index in [9.17, 15) is 13.6 Å². The van der Waals surface area contributed by atoms with Crippen LogP contribution in [0.15, 0.2) is 46.2 Å². The molecule has 0 aliphatic carbocycles. The summed E-state index contributed by atoms with van der Waals surface area (Å²) in [5.41, 5.74) is 6.02. The fourth-order valence-corrected chi connectivity index (χ4v) is 2.48. The first-order chi connectivity index (χ1) is 8.99. The molecular formula is C13H9F2NO2S. The minimum Gasteiger partial charge on any atom is -0.478 e. The van der Waals surface area contributed by atoms with E-state index in [1.807, 2.05) is 0 Å². The zero-order valence-electron chi connectivity index (χ0n) is 9.56. The van der Waals surface area contributed by atoms with Crippen molar-refractivity contribution >= 4 is 23.4 Å². The number of carboxylic acid groups (broad SMARTS) is 1. The minimum absolute atomic E-state index is 0.0229. The Morgan fingerprint density at radius 3 is 2.53 bits per heavy atom. The van der Waals surface area contributed by atoms with Crippen LogP contribution in [0.25, 0.3) is 0 Å². The number of rotatable bonds is 3. The fraction of sp³-hybridized carbons (Fsp3) is 0. The van der Waals surface area contributed by atoms with Gasteiger partial charge in [-0.2, -0.15) is 0 Å². The number of halogens is 2. The maximum Gasteiger partial charge on any atom is 0.336 e. The Balaban J connectivity index is 2.42. The van der Waals surface area contributed by atoms with E-state index < -0.39 is 17.6 Å². The van der Waals surface area contributed by atoms with Crippen LogP contribution >= 0.6 is 11.8 Å². The number of carboxylic acids is 1. The van der Waals surface area contributed by atoms with Crippen molar-refractivity contribution in [1.29, 1.82) is 0 Å². The van der Waals surface area contributed by atoms with Crippen molar-refractivity contribution in [2.75, 3.05) is 5.73 Å². The number of benzene rings is 2. The summed E-state index contributed by atoms with van der Waals surface area (Å²) in [5.74, 6) is -3.07. The summed E-state index contributed by atoms with van der Waals surface area (Å²) in [5, 5.41) is 9.06. The molecule has 0 aliphatic rings. The number of anilines is 1. The van der Waals surface area contributed by atoms with Crippen LogP contribution in [-0.4, -0.2) is 11.1 Å². The maximum absolute atomic E-state index is 13.1. The fourth-order valence-electron chi connectivity index (χ4n) is 1.50. The average Bonchev–Trinajstić information content (AvgIpc) is 2.36. The maximum atomic E-state index is 13.1. The molecule has 2 aromatic carbocycles. The Morgan fingerprint density at radius 1 is 1.16 bits per heavy atom. The van der Waals surface area contributed by atoms with E-state index >= 15 is 0 Å². The molecule has 0 saturated heterocycles. The molecule has 3 N–H and O–H groups in total. The van der Waals surface area contributed by atoms with Gasteiger partial charge in [0.1, 0.15) is 0 Å². The van der Waals surface area contributed by atoms with Gasteiger partial charge < -0.3 is 10.8 Å². The molecule has 0 saturated carbocycles. The second kappa shape index (κ2) is 5.27. The standard InChI is InChI=1S/C13H9F2NO2S/c14-9-5-4-7(6-10(9)15)19-12-8(13(17)18)2-1-3-11(12)16/h1-6H,16H2,(H,17,18). The lowest BCUT2D eigenvalue weighted by Gasteiger charge is -2.09. The Morgan fingerprint density at radius 2 is 1.89 bits per heavy atom. The minimum atomic E-state index is -1.13. The molecule has 3 nitrogen and oxygen atoms in total. The van der Waals surface area contributed by atoms with Gasteiger partial charge >= 0.3 is 5.97 Å². The third-order valence-electron chi connectivity index (χ3n) is 2.39. The molecule has 0 aliphatic heterocycles. The lowest BCUT2D eigenvalue weighted by atomic mass is 10.2. The Labute approximate surface area is 112 Å². The van der Waals surface area contributed by atoms with Gasteiger partial charge in [-0.05, 0) is 30.3 Å². The first-order valence-electron chi connectivity index (χ1n) is 5.23. The van der Waals surface area contributed by atoms with Crippen LogP contribution in [0.2, 0.25) is 0 Å². The van der Waals surface area contributed by atoms with Crippen molar-refractivity contribution in [2.45, 2.75) is 9.79 Å². The molecule has 0 radical (unpaired) electrons. The third-order valence-corrected chi connectivity index (χ3v) is 3.54. The van der Waals surface area contributed by atoms with Crippen molar-refractivity contribution in [3.05, 3.63) is 53.6 Å². The lowest BCUT2D eigenvalue weighted by molar-refractivity contribution is 0.0693. The summed E-state index contributed by atoms with van der Waals surface area (Å²) in [4.78, 5) is 11.8. The van der Waals surface area contributed by atoms with Crippen LogP contribution in [0.4, 0.5) is 14.5 Å². The smallest absolute Gasteiger partial charge is 0.336 e. The molecule has 0 spiro atoms. The summed E-state index contributed by atoms with van der Waals surface area (Å²) in [6, 6.07) is 7.82. The zero-order chi connectivity index (χ0) is 14.0. The molecular weight excluding hydrogens is 272 g/mol. The zero-order valence-corrected chi connectivity index (χ0v) is 10.4. The van der Waals surface area contributed by atoms with E-state index in [1.165, 1.54) is 18.2 Å². The van der Waals surface area contributed by atoms with E-state index in [2.05, 4.69) is 0 Å². The van der Waals surface area contributed by atoms with Crippen LogP contribution in [0.1, 0.15) is 10.4 Å². The van der Waals surface area contributed by atoms with Gasteiger partial charge in [-0.15, -0.1) is 0 Å². The predicted molar refractivity (Wildman–Crippen MR) is 68.3 cm³/mol. The summed E-state index contributed by atoms with van der Waals surface area (Å²) < 4.78 is 25.9. The van der Waals surface area contributed by atoms with Crippen molar-refractivity contribution in [2.24, 2.45) is 0 Å². The largest absolute Gasteiger partial charge is 0.478 e. The molecule has 19 heavy (non-hydrogen) atoms. The highest BCUT2D eigenvalue weighted by Crippen LogP contribution is 2.35.